The van der Waals surface area contributed by atoms with Crippen molar-refractivity contribution in [2.45, 2.75) is 32.4 Å². The predicted molar refractivity (Wildman–Crippen MR) is 80.9 cm³/mol. The van der Waals surface area contributed by atoms with Gasteiger partial charge in [0.2, 0.25) is 0 Å². The molecule has 0 aliphatic heterocycles. The molecule has 0 bridgehead atoms. The van der Waals surface area contributed by atoms with E-state index in [0.29, 0.717) is 4.77 Å². The molecule has 0 atom stereocenters. The molecule has 0 unspecified atom stereocenters. The molecule has 1 aliphatic rings. The molecule has 0 radical (unpaired) electrons. The van der Waals surface area contributed by atoms with Gasteiger partial charge in [0.05, 0.1) is 0 Å². The Hall–Kier alpha value is -1.53. The van der Waals surface area contributed by atoms with Crippen molar-refractivity contribution in [1.82, 2.24) is 24.6 Å². The van der Waals surface area contributed by atoms with E-state index in [2.05, 4.69) is 31.6 Å². The van der Waals surface area contributed by atoms with Crippen LogP contribution in [0.1, 0.15) is 19.8 Å². The van der Waals surface area contributed by atoms with Gasteiger partial charge in [0.15, 0.2) is 10.6 Å². The first-order valence-electron chi connectivity index (χ1n) is 7.09. The van der Waals surface area contributed by atoms with Crippen LogP contribution in [0.2, 0.25) is 0 Å². The maximum absolute atomic E-state index is 5.35. The SMILES string of the molecule is CCN(CCn1c(-c2ccncc2)n[nH]c1=S)C1CC1. The molecule has 0 saturated heterocycles. The molecular formula is C14H19N5S. The summed E-state index contributed by atoms with van der Waals surface area (Å²) in [5.41, 5.74) is 1.04. The molecule has 1 saturated carbocycles. The van der Waals surface area contributed by atoms with Crippen LogP contribution in [0.4, 0.5) is 0 Å². The minimum Gasteiger partial charge on any atom is -0.299 e. The number of aromatic amines is 1. The Balaban J connectivity index is 1.79. The van der Waals surface area contributed by atoms with Crippen LogP contribution in [-0.4, -0.2) is 43.8 Å². The highest BCUT2D eigenvalue weighted by Gasteiger charge is 2.27. The van der Waals surface area contributed by atoms with Crippen molar-refractivity contribution in [3.63, 3.8) is 0 Å². The van der Waals surface area contributed by atoms with Crippen LogP contribution in [0.3, 0.4) is 0 Å². The molecule has 0 aromatic carbocycles. The summed E-state index contributed by atoms with van der Waals surface area (Å²) in [6.07, 6.45) is 6.23. The Labute approximate surface area is 123 Å². The zero-order valence-corrected chi connectivity index (χ0v) is 12.4. The molecule has 5 nitrogen and oxygen atoms in total. The van der Waals surface area contributed by atoms with Crippen molar-refractivity contribution >= 4 is 12.2 Å². The second kappa shape index (κ2) is 5.85. The highest BCUT2D eigenvalue weighted by Crippen LogP contribution is 2.26. The zero-order chi connectivity index (χ0) is 13.9. The van der Waals surface area contributed by atoms with Crippen molar-refractivity contribution in [1.29, 1.82) is 0 Å². The normalized spacial score (nSPS) is 14.9. The lowest BCUT2D eigenvalue weighted by molar-refractivity contribution is 0.266. The van der Waals surface area contributed by atoms with Crippen LogP contribution >= 0.6 is 12.2 Å². The number of nitrogens with one attached hydrogen (secondary N) is 1. The van der Waals surface area contributed by atoms with Crippen LogP contribution in [-0.2, 0) is 6.54 Å². The Bertz CT molecular complexity index is 614. The minimum atomic E-state index is 0.684. The fraction of sp³-hybridized carbons (Fsp3) is 0.500. The average molecular weight is 289 g/mol. The average Bonchev–Trinajstić information content (AvgIpc) is 3.25. The topological polar surface area (TPSA) is 49.7 Å². The van der Waals surface area contributed by atoms with Crippen molar-refractivity contribution in [2.75, 3.05) is 13.1 Å². The van der Waals surface area contributed by atoms with Gasteiger partial charge >= 0.3 is 0 Å². The van der Waals surface area contributed by atoms with Crippen LogP contribution in [0, 0.1) is 4.77 Å². The molecule has 3 rings (SSSR count). The Kier molecular flexibility index (Phi) is 3.93. The fourth-order valence-electron chi connectivity index (χ4n) is 2.51. The second-order valence-electron chi connectivity index (χ2n) is 5.10. The van der Waals surface area contributed by atoms with E-state index in [1.165, 1.54) is 12.8 Å². The largest absolute Gasteiger partial charge is 0.299 e. The summed E-state index contributed by atoms with van der Waals surface area (Å²) in [6, 6.07) is 4.70. The third kappa shape index (κ3) is 2.81. The van der Waals surface area contributed by atoms with Gasteiger partial charge < -0.3 is 0 Å². The van der Waals surface area contributed by atoms with Crippen LogP contribution in [0.25, 0.3) is 11.4 Å². The summed E-state index contributed by atoms with van der Waals surface area (Å²) in [5, 5.41) is 7.25. The maximum Gasteiger partial charge on any atom is 0.195 e. The molecule has 1 fully saturated rings. The number of likely N-dealkylation sites (N-methyl/N-ethyl adjacent to an activating group) is 1. The molecule has 1 aliphatic carbocycles. The first-order chi connectivity index (χ1) is 9.79. The van der Waals surface area contributed by atoms with E-state index in [-0.39, 0.29) is 0 Å². The summed E-state index contributed by atoms with van der Waals surface area (Å²) in [6.45, 7) is 5.21. The van der Waals surface area contributed by atoms with Gasteiger partial charge in [-0.05, 0) is 43.7 Å². The molecule has 0 spiro atoms. The highest BCUT2D eigenvalue weighted by molar-refractivity contribution is 7.71. The predicted octanol–water partition coefficient (Wildman–Crippen LogP) is 2.49. The van der Waals surface area contributed by atoms with E-state index >= 15 is 0 Å². The maximum atomic E-state index is 5.35. The van der Waals surface area contributed by atoms with Gasteiger partial charge in [-0.3, -0.25) is 19.5 Å². The summed E-state index contributed by atoms with van der Waals surface area (Å²) in [5.74, 6) is 0.893. The minimum absolute atomic E-state index is 0.684. The van der Waals surface area contributed by atoms with Gasteiger partial charge in [0, 0.05) is 37.1 Å². The van der Waals surface area contributed by atoms with Crippen molar-refractivity contribution in [3.05, 3.63) is 29.3 Å². The quantitative estimate of drug-likeness (QED) is 0.830. The van der Waals surface area contributed by atoms with Crippen LogP contribution < -0.4 is 0 Å². The smallest absolute Gasteiger partial charge is 0.195 e. The molecule has 2 aromatic heterocycles. The van der Waals surface area contributed by atoms with Crippen molar-refractivity contribution in [2.24, 2.45) is 0 Å². The zero-order valence-electron chi connectivity index (χ0n) is 11.6. The first-order valence-corrected chi connectivity index (χ1v) is 7.50. The molecule has 20 heavy (non-hydrogen) atoms. The lowest BCUT2D eigenvalue weighted by Gasteiger charge is -2.20. The molecule has 2 heterocycles. The van der Waals surface area contributed by atoms with Gasteiger partial charge in [-0.1, -0.05) is 6.92 Å². The lowest BCUT2D eigenvalue weighted by atomic mass is 10.2. The van der Waals surface area contributed by atoms with E-state index in [1.807, 2.05) is 12.1 Å². The molecule has 6 heteroatoms. The van der Waals surface area contributed by atoms with Gasteiger partial charge in [0.25, 0.3) is 0 Å². The van der Waals surface area contributed by atoms with Crippen LogP contribution in [0.15, 0.2) is 24.5 Å². The van der Waals surface area contributed by atoms with Gasteiger partial charge in [-0.15, -0.1) is 0 Å². The van der Waals surface area contributed by atoms with E-state index in [9.17, 15) is 0 Å². The number of H-pyrrole nitrogens is 1. The monoisotopic (exact) mass is 289 g/mol. The van der Waals surface area contributed by atoms with E-state index in [0.717, 1.165) is 37.1 Å². The Morgan fingerprint density at radius 2 is 2.15 bits per heavy atom. The van der Waals surface area contributed by atoms with Gasteiger partial charge in [-0.2, -0.15) is 5.10 Å². The number of pyridine rings is 1. The van der Waals surface area contributed by atoms with Gasteiger partial charge in [-0.25, -0.2) is 0 Å². The highest BCUT2D eigenvalue weighted by atomic mass is 32.1. The van der Waals surface area contributed by atoms with E-state index in [4.69, 9.17) is 12.2 Å². The van der Waals surface area contributed by atoms with Crippen LogP contribution in [0.5, 0.6) is 0 Å². The molecule has 2 aromatic rings. The number of aromatic nitrogens is 4. The van der Waals surface area contributed by atoms with E-state index in [1.54, 1.807) is 12.4 Å². The van der Waals surface area contributed by atoms with Crippen molar-refractivity contribution in [3.8, 4) is 11.4 Å². The molecule has 106 valence electrons. The van der Waals surface area contributed by atoms with E-state index < -0.39 is 0 Å². The van der Waals surface area contributed by atoms with Gasteiger partial charge in [0.1, 0.15) is 0 Å². The number of nitrogens with zero attached hydrogens (tertiary/aromatic N) is 4. The molecular weight excluding hydrogens is 270 g/mol. The van der Waals surface area contributed by atoms with Crippen molar-refractivity contribution < 1.29 is 0 Å². The summed E-state index contributed by atoms with van der Waals surface area (Å²) >= 11 is 5.35. The lowest BCUT2D eigenvalue weighted by Crippen LogP contribution is -2.29. The summed E-state index contributed by atoms with van der Waals surface area (Å²) in [7, 11) is 0. The number of hydrogen-bond donors (Lipinski definition) is 1. The summed E-state index contributed by atoms with van der Waals surface area (Å²) in [4.78, 5) is 6.56. The third-order valence-corrected chi connectivity index (χ3v) is 4.09. The Morgan fingerprint density at radius 1 is 1.40 bits per heavy atom. The second-order valence-corrected chi connectivity index (χ2v) is 5.49. The number of hydrogen-bond acceptors (Lipinski definition) is 4. The number of rotatable bonds is 6. The standard InChI is InChI=1S/C14H19N5S/c1-2-18(12-3-4-12)9-10-19-13(16-17-14(19)20)11-5-7-15-8-6-11/h5-8,12H,2-4,9-10H2,1H3,(H,17,20). The molecule has 0 amide bonds. The molecule has 1 N–H and O–H groups in total. The summed E-state index contributed by atoms with van der Waals surface area (Å²) < 4.78 is 2.76. The Morgan fingerprint density at radius 3 is 2.80 bits per heavy atom. The fourth-order valence-corrected chi connectivity index (χ4v) is 2.74. The third-order valence-electron chi connectivity index (χ3n) is 3.78. The first kappa shape index (κ1) is 13.5.